The van der Waals surface area contributed by atoms with Crippen LogP contribution in [0.1, 0.15) is 50.4 Å². The third-order valence-corrected chi connectivity index (χ3v) is 4.76. The summed E-state index contributed by atoms with van der Waals surface area (Å²) in [7, 11) is 1.76. The molecule has 0 aliphatic heterocycles. The summed E-state index contributed by atoms with van der Waals surface area (Å²) >= 11 is 0. The SMILES string of the molecule is CCNc1cc(NC(O)NN(CCO)c2cc(C(C)C)c(C(C)=N)c(NC)n2)cc(C)n1. The van der Waals surface area contributed by atoms with Gasteiger partial charge in [-0.1, -0.05) is 13.8 Å². The molecule has 2 aromatic rings. The molecule has 0 fully saturated rings. The smallest absolute Gasteiger partial charge is 0.198 e. The van der Waals surface area contributed by atoms with Crippen molar-refractivity contribution in [3.8, 4) is 0 Å². The van der Waals surface area contributed by atoms with Gasteiger partial charge in [0.25, 0.3) is 0 Å². The first kappa shape index (κ1) is 25.3. The molecule has 0 saturated heterocycles. The molecule has 0 aromatic carbocycles. The van der Waals surface area contributed by atoms with Crippen molar-refractivity contribution in [1.29, 1.82) is 5.41 Å². The molecular formula is C22H36N8O2. The van der Waals surface area contributed by atoms with Crippen molar-refractivity contribution in [1.82, 2.24) is 15.4 Å². The summed E-state index contributed by atoms with van der Waals surface area (Å²) in [5.74, 6) is 1.97. The largest absolute Gasteiger partial charge is 0.394 e. The van der Waals surface area contributed by atoms with Crippen LogP contribution in [0.5, 0.6) is 0 Å². The maximum Gasteiger partial charge on any atom is 0.198 e. The second kappa shape index (κ2) is 11.6. The van der Waals surface area contributed by atoms with Gasteiger partial charge < -0.3 is 31.6 Å². The molecule has 0 amide bonds. The lowest BCUT2D eigenvalue weighted by Crippen LogP contribution is -2.50. The Morgan fingerprint density at radius 3 is 2.50 bits per heavy atom. The zero-order valence-electron chi connectivity index (χ0n) is 19.7. The predicted molar refractivity (Wildman–Crippen MR) is 131 cm³/mol. The Bertz CT molecular complexity index is 919. The quantitative estimate of drug-likeness (QED) is 0.149. The summed E-state index contributed by atoms with van der Waals surface area (Å²) in [5, 5.41) is 39.2. The average molecular weight is 445 g/mol. The van der Waals surface area contributed by atoms with Crippen LogP contribution in [-0.4, -0.2) is 59.0 Å². The molecule has 7 N–H and O–H groups in total. The minimum atomic E-state index is -1.15. The van der Waals surface area contributed by atoms with Crippen molar-refractivity contribution in [2.24, 2.45) is 0 Å². The van der Waals surface area contributed by atoms with E-state index >= 15 is 0 Å². The van der Waals surface area contributed by atoms with Gasteiger partial charge in [-0.05, 0) is 44.4 Å². The summed E-state index contributed by atoms with van der Waals surface area (Å²) in [6.45, 7) is 10.5. The van der Waals surface area contributed by atoms with E-state index in [0.717, 1.165) is 23.4 Å². The van der Waals surface area contributed by atoms with Crippen molar-refractivity contribution >= 4 is 28.9 Å². The van der Waals surface area contributed by atoms with Gasteiger partial charge in [0.05, 0.1) is 13.2 Å². The molecular weight excluding hydrogens is 408 g/mol. The lowest BCUT2D eigenvalue weighted by Gasteiger charge is -2.29. The Hall–Kier alpha value is -2.95. The molecule has 10 nitrogen and oxygen atoms in total. The van der Waals surface area contributed by atoms with E-state index < -0.39 is 6.35 Å². The van der Waals surface area contributed by atoms with Crippen LogP contribution in [0, 0.1) is 12.3 Å². The molecule has 2 heterocycles. The second-order valence-corrected chi connectivity index (χ2v) is 7.79. The van der Waals surface area contributed by atoms with E-state index in [9.17, 15) is 10.2 Å². The van der Waals surface area contributed by atoms with E-state index in [2.05, 4.69) is 45.2 Å². The van der Waals surface area contributed by atoms with E-state index in [1.54, 1.807) is 19.0 Å². The molecule has 0 aliphatic carbocycles. The summed E-state index contributed by atoms with van der Waals surface area (Å²) in [6, 6.07) is 5.53. The molecule has 2 rings (SSSR count). The second-order valence-electron chi connectivity index (χ2n) is 7.79. The lowest BCUT2D eigenvalue weighted by atomic mass is 9.95. The highest BCUT2D eigenvalue weighted by molar-refractivity contribution is 6.02. The molecule has 32 heavy (non-hydrogen) atoms. The minimum absolute atomic E-state index is 0.141. The number of nitrogens with zero attached hydrogens (tertiary/aromatic N) is 3. The number of hydrogen-bond donors (Lipinski definition) is 7. The standard InChI is InChI=1S/C22H36N8O2/c1-7-25-18-11-16(10-14(4)26-18)27-22(32)29-30(8-9-31)19-12-17(13(2)3)20(15(5)23)21(24-6)28-19/h10-13,22-23,29,31-32H,7-9H2,1-6H3,(H,24,28)(H2,25,26,27). The van der Waals surface area contributed by atoms with Gasteiger partial charge in [-0.3, -0.25) is 5.01 Å². The van der Waals surface area contributed by atoms with E-state index in [0.29, 0.717) is 28.9 Å². The van der Waals surface area contributed by atoms with Crippen LogP contribution >= 0.6 is 0 Å². The van der Waals surface area contributed by atoms with Gasteiger partial charge in [0.1, 0.15) is 17.5 Å². The molecule has 1 unspecified atom stereocenters. The van der Waals surface area contributed by atoms with E-state index in [4.69, 9.17) is 5.41 Å². The number of rotatable bonds is 12. The zero-order chi connectivity index (χ0) is 23.8. The Morgan fingerprint density at radius 1 is 1.22 bits per heavy atom. The highest BCUT2D eigenvalue weighted by Gasteiger charge is 2.20. The molecule has 0 aliphatic rings. The summed E-state index contributed by atoms with van der Waals surface area (Å²) in [4.78, 5) is 9.03. The number of aliphatic hydroxyl groups excluding tert-OH is 2. The zero-order valence-corrected chi connectivity index (χ0v) is 19.7. The van der Waals surface area contributed by atoms with Crippen LogP contribution in [0.4, 0.5) is 23.1 Å². The third kappa shape index (κ3) is 6.52. The van der Waals surface area contributed by atoms with Crippen LogP contribution in [0.15, 0.2) is 18.2 Å². The van der Waals surface area contributed by atoms with Gasteiger partial charge in [0.15, 0.2) is 6.35 Å². The number of aryl methyl sites for hydroxylation is 1. The number of hydrazine groups is 1. The Labute approximate surface area is 190 Å². The van der Waals surface area contributed by atoms with Gasteiger partial charge in [0.2, 0.25) is 0 Å². The molecule has 2 aromatic heterocycles. The first-order valence-corrected chi connectivity index (χ1v) is 10.8. The first-order chi connectivity index (χ1) is 15.2. The van der Waals surface area contributed by atoms with E-state index in [1.807, 2.05) is 32.0 Å². The van der Waals surface area contributed by atoms with Crippen molar-refractivity contribution in [3.63, 3.8) is 0 Å². The molecule has 0 spiro atoms. The number of nitrogens with one attached hydrogen (secondary N) is 5. The van der Waals surface area contributed by atoms with Crippen molar-refractivity contribution in [2.45, 2.75) is 46.9 Å². The monoisotopic (exact) mass is 444 g/mol. The summed E-state index contributed by atoms with van der Waals surface area (Å²) < 4.78 is 0. The van der Waals surface area contributed by atoms with Gasteiger partial charge in [0, 0.05) is 42.3 Å². The van der Waals surface area contributed by atoms with Crippen LogP contribution in [0.2, 0.25) is 0 Å². The maximum atomic E-state index is 10.7. The molecule has 10 heteroatoms. The van der Waals surface area contributed by atoms with E-state index in [1.165, 1.54) is 0 Å². The van der Waals surface area contributed by atoms with Crippen LogP contribution < -0.4 is 26.4 Å². The maximum absolute atomic E-state index is 10.7. The predicted octanol–water partition coefficient (Wildman–Crippen LogP) is 2.46. The van der Waals surface area contributed by atoms with Crippen molar-refractivity contribution in [2.75, 3.05) is 47.7 Å². The normalized spacial score (nSPS) is 11.9. The van der Waals surface area contributed by atoms with Crippen molar-refractivity contribution in [3.05, 3.63) is 35.0 Å². The fraction of sp³-hybridized carbons (Fsp3) is 0.500. The average Bonchev–Trinajstić information content (AvgIpc) is 2.71. The molecule has 0 bridgehead atoms. The third-order valence-electron chi connectivity index (χ3n) is 4.76. The van der Waals surface area contributed by atoms with Crippen LogP contribution in [-0.2, 0) is 0 Å². The first-order valence-electron chi connectivity index (χ1n) is 10.8. The van der Waals surface area contributed by atoms with Crippen molar-refractivity contribution < 1.29 is 10.2 Å². The van der Waals surface area contributed by atoms with Gasteiger partial charge >= 0.3 is 0 Å². The van der Waals surface area contributed by atoms with Gasteiger partial charge in [-0.25, -0.2) is 9.97 Å². The fourth-order valence-electron chi connectivity index (χ4n) is 3.43. The number of pyridine rings is 2. The van der Waals surface area contributed by atoms with E-state index in [-0.39, 0.29) is 19.1 Å². The highest BCUT2D eigenvalue weighted by atomic mass is 16.3. The molecule has 1 atom stereocenters. The molecule has 0 saturated carbocycles. The Balaban J connectivity index is 2.32. The number of aromatic nitrogens is 2. The number of hydrogen-bond acceptors (Lipinski definition) is 10. The summed E-state index contributed by atoms with van der Waals surface area (Å²) in [6.07, 6.45) is -1.15. The minimum Gasteiger partial charge on any atom is -0.394 e. The topological polar surface area (TPSA) is 141 Å². The van der Waals surface area contributed by atoms with Crippen LogP contribution in [0.25, 0.3) is 0 Å². The lowest BCUT2D eigenvalue weighted by molar-refractivity contribution is 0.156. The Morgan fingerprint density at radius 2 is 1.94 bits per heavy atom. The molecule has 176 valence electrons. The molecule has 0 radical (unpaired) electrons. The Kier molecular flexibility index (Phi) is 9.18. The van der Waals surface area contributed by atoms with Gasteiger partial charge in [-0.2, -0.15) is 5.43 Å². The van der Waals surface area contributed by atoms with Crippen LogP contribution in [0.3, 0.4) is 0 Å². The highest BCUT2D eigenvalue weighted by Crippen LogP contribution is 2.29. The summed E-state index contributed by atoms with van der Waals surface area (Å²) in [5.41, 5.74) is 6.60. The number of aliphatic hydroxyl groups is 2. The fourth-order valence-corrected chi connectivity index (χ4v) is 3.43. The number of anilines is 4. The van der Waals surface area contributed by atoms with Gasteiger partial charge in [-0.15, -0.1) is 0 Å².